The molecule has 0 amide bonds. The summed E-state index contributed by atoms with van der Waals surface area (Å²) in [7, 11) is -2.41. The first-order valence-electron chi connectivity index (χ1n) is 13.5. The van der Waals surface area contributed by atoms with Crippen molar-refractivity contribution in [1.82, 2.24) is 30.2 Å². The van der Waals surface area contributed by atoms with Gasteiger partial charge in [0.1, 0.15) is 40.2 Å². The van der Waals surface area contributed by atoms with E-state index in [1.54, 1.807) is 54.9 Å². The quantitative estimate of drug-likeness (QED) is 0.129. The normalized spacial score (nSPS) is 11.0. The first-order chi connectivity index (χ1) is 21.9. The van der Waals surface area contributed by atoms with Crippen LogP contribution in [0.25, 0.3) is 22.3 Å². The third kappa shape index (κ3) is 7.46. The fourth-order valence-electron chi connectivity index (χ4n) is 4.37. The van der Waals surface area contributed by atoms with Crippen molar-refractivity contribution < 1.29 is 17.5 Å². The van der Waals surface area contributed by atoms with Crippen LogP contribution in [0, 0.1) is 5.82 Å². The molecule has 226 valence electrons. The predicted molar refractivity (Wildman–Crippen MR) is 173 cm³/mol. The Morgan fingerprint density at radius 2 is 1.89 bits per heavy atom. The zero-order valence-electron chi connectivity index (χ0n) is 23.3. The number of benzene rings is 2. The van der Waals surface area contributed by atoms with E-state index in [2.05, 4.69) is 35.6 Å². The van der Waals surface area contributed by atoms with Crippen LogP contribution in [0.3, 0.4) is 0 Å². The van der Waals surface area contributed by atoms with E-state index in [-0.39, 0.29) is 23.8 Å². The molecule has 0 saturated heterocycles. The number of hydrogen-bond acceptors (Lipinski definition) is 11. The van der Waals surface area contributed by atoms with Crippen LogP contribution in [-0.4, -0.2) is 44.7 Å². The molecule has 45 heavy (non-hydrogen) atoms. The molecule has 0 fully saturated rings. The Hall–Kier alpha value is -4.82. The number of aromatic nitrogens is 5. The van der Waals surface area contributed by atoms with Crippen molar-refractivity contribution in [2.24, 2.45) is 0 Å². The Bertz CT molecular complexity index is 2120. The van der Waals surface area contributed by atoms with E-state index in [0.29, 0.717) is 57.0 Å². The van der Waals surface area contributed by atoms with Crippen LogP contribution in [0.5, 0.6) is 5.75 Å². The van der Waals surface area contributed by atoms with E-state index in [4.69, 9.17) is 16.3 Å². The maximum Gasteiger partial charge on any atom is 0.220 e. The Morgan fingerprint density at radius 3 is 2.69 bits per heavy atom. The maximum atomic E-state index is 13.5. The van der Waals surface area contributed by atoms with Gasteiger partial charge in [-0.2, -0.15) is 8.42 Å². The molecule has 0 unspecified atom stereocenters. The highest BCUT2D eigenvalue weighted by molar-refractivity contribution is 7.73. The molecule has 2 aromatic carbocycles. The molecule has 0 aliphatic carbocycles. The lowest BCUT2D eigenvalue weighted by atomic mass is 10.2. The molecule has 4 heterocycles. The lowest BCUT2D eigenvalue weighted by Gasteiger charge is -2.12. The Kier molecular flexibility index (Phi) is 9.31. The van der Waals surface area contributed by atoms with Crippen molar-refractivity contribution in [3.8, 4) is 17.1 Å². The fourth-order valence-corrected chi connectivity index (χ4v) is 5.88. The number of pyridine rings is 2. The summed E-state index contributed by atoms with van der Waals surface area (Å²) < 4.78 is 42.7. The summed E-state index contributed by atoms with van der Waals surface area (Å²) in [6, 6.07) is 18.4. The van der Waals surface area contributed by atoms with Gasteiger partial charge < -0.3 is 15.4 Å². The molecule has 4 aromatic heterocycles. The summed E-state index contributed by atoms with van der Waals surface area (Å²) in [6.07, 6.45) is 4.65. The third-order valence-corrected chi connectivity index (χ3v) is 8.43. The summed E-state index contributed by atoms with van der Waals surface area (Å²) in [6.45, 7) is 0.661. The minimum atomic E-state index is -2.41. The second kappa shape index (κ2) is 13.9. The lowest BCUT2D eigenvalue weighted by molar-refractivity contribution is 0.306. The number of hydrogen-bond donors (Lipinski definition) is 2. The number of fused-ring (bicyclic) bond motifs is 1. The van der Waals surface area contributed by atoms with Gasteiger partial charge in [0.25, 0.3) is 0 Å². The third-order valence-electron chi connectivity index (χ3n) is 6.53. The summed E-state index contributed by atoms with van der Waals surface area (Å²) in [5.74, 6) is 0.686. The number of halogens is 2. The van der Waals surface area contributed by atoms with E-state index in [1.165, 1.54) is 29.8 Å². The van der Waals surface area contributed by atoms with E-state index in [0.717, 1.165) is 10.4 Å². The number of nitrogens with zero attached hydrogens (tertiary/aromatic N) is 5. The molecule has 14 heteroatoms. The number of anilines is 2. The van der Waals surface area contributed by atoms with Crippen molar-refractivity contribution in [1.29, 1.82) is 0 Å². The van der Waals surface area contributed by atoms with Gasteiger partial charge >= 0.3 is 0 Å². The second-order valence-electron chi connectivity index (χ2n) is 9.60. The monoisotopic (exact) mass is 659 g/mol. The van der Waals surface area contributed by atoms with Crippen LogP contribution in [-0.2, 0) is 23.4 Å². The molecule has 6 aromatic rings. The van der Waals surface area contributed by atoms with Crippen molar-refractivity contribution >= 4 is 60.5 Å². The zero-order valence-corrected chi connectivity index (χ0v) is 25.7. The van der Waals surface area contributed by atoms with Crippen molar-refractivity contribution in [3.05, 3.63) is 118 Å². The SMILES string of the molecule is O=S(=O)=C(CNCc1nc(-c2cc3c(Nc4ccc(OCc5cccc(F)c5)c(Cl)c4)ncnc3cn2)cs1)c1ccccn1. The van der Waals surface area contributed by atoms with Gasteiger partial charge in [0.05, 0.1) is 33.8 Å². The molecule has 0 saturated carbocycles. The topological polar surface area (TPSA) is 132 Å². The first-order valence-corrected chi connectivity index (χ1v) is 15.8. The van der Waals surface area contributed by atoms with Crippen molar-refractivity contribution in [3.63, 3.8) is 0 Å². The molecule has 0 aliphatic rings. The molecule has 0 atom stereocenters. The van der Waals surface area contributed by atoms with Gasteiger partial charge in [0.15, 0.2) is 0 Å². The lowest BCUT2D eigenvalue weighted by Crippen LogP contribution is -2.24. The van der Waals surface area contributed by atoms with Crippen LogP contribution in [0.4, 0.5) is 15.9 Å². The maximum absolute atomic E-state index is 13.5. The minimum Gasteiger partial charge on any atom is -0.487 e. The highest BCUT2D eigenvalue weighted by Crippen LogP contribution is 2.32. The molecule has 0 bridgehead atoms. The van der Waals surface area contributed by atoms with Crippen LogP contribution in [0.15, 0.2) is 90.8 Å². The largest absolute Gasteiger partial charge is 0.487 e. The second-order valence-corrected chi connectivity index (χ2v) is 11.9. The van der Waals surface area contributed by atoms with Crippen LogP contribution in [0.2, 0.25) is 5.02 Å². The van der Waals surface area contributed by atoms with Gasteiger partial charge in [-0.3, -0.25) is 9.97 Å². The summed E-state index contributed by atoms with van der Waals surface area (Å²) in [5.41, 5.74) is 3.70. The van der Waals surface area contributed by atoms with Crippen molar-refractivity contribution in [2.45, 2.75) is 13.2 Å². The van der Waals surface area contributed by atoms with Gasteiger partial charge in [-0.25, -0.2) is 19.3 Å². The number of nitrogens with one attached hydrogen (secondary N) is 2. The molecule has 6 rings (SSSR count). The molecule has 2 N–H and O–H groups in total. The fraction of sp³-hybridized carbons (Fsp3) is 0.0968. The first kappa shape index (κ1) is 30.2. The molecule has 0 aliphatic heterocycles. The Balaban J connectivity index is 1.14. The van der Waals surface area contributed by atoms with E-state index < -0.39 is 10.3 Å². The van der Waals surface area contributed by atoms with Gasteiger partial charge in [-0.05, 0) is 54.1 Å². The molecule has 0 spiro atoms. The average molecular weight is 660 g/mol. The minimum absolute atomic E-state index is 0.118. The highest BCUT2D eigenvalue weighted by atomic mass is 35.5. The summed E-state index contributed by atoms with van der Waals surface area (Å²) >= 11 is 7.92. The average Bonchev–Trinajstić information content (AvgIpc) is 3.52. The smallest absolute Gasteiger partial charge is 0.220 e. The summed E-state index contributed by atoms with van der Waals surface area (Å²) in [4.78, 5) is 22.3. The number of thiazole rings is 1. The van der Waals surface area contributed by atoms with E-state index in [9.17, 15) is 12.8 Å². The number of rotatable bonds is 11. The van der Waals surface area contributed by atoms with Gasteiger partial charge in [0.2, 0.25) is 10.3 Å². The highest BCUT2D eigenvalue weighted by Gasteiger charge is 2.13. The van der Waals surface area contributed by atoms with Gasteiger partial charge in [-0.15, -0.1) is 11.3 Å². The van der Waals surface area contributed by atoms with Gasteiger partial charge in [-0.1, -0.05) is 29.8 Å². The van der Waals surface area contributed by atoms with Crippen LogP contribution in [0.1, 0.15) is 16.3 Å². The van der Waals surface area contributed by atoms with Crippen LogP contribution >= 0.6 is 22.9 Å². The van der Waals surface area contributed by atoms with Gasteiger partial charge in [0, 0.05) is 35.7 Å². The molecule has 10 nitrogen and oxygen atoms in total. The summed E-state index contributed by atoms with van der Waals surface area (Å²) in [5, 5.41) is 10.2. The van der Waals surface area contributed by atoms with Crippen LogP contribution < -0.4 is 15.4 Å². The molecular formula is C31H23ClFN7O3S2. The predicted octanol–water partition coefficient (Wildman–Crippen LogP) is 5.85. The van der Waals surface area contributed by atoms with E-state index >= 15 is 0 Å². The zero-order chi connectivity index (χ0) is 31.2. The standard InChI is InChI=1S/C31H23ClFN7O3S2/c32-23-11-21(7-8-28(23)43-16-19-4-3-5-20(33)10-19)39-31-22-12-25(36-13-26(22)37-18-38-31)27-17-44-30(40-27)15-34-14-29(45(41)42)24-6-1-2-9-35-24/h1-13,17-18,34H,14-16H2,(H,37,38,39). The molecule has 0 radical (unpaired) electrons. The van der Waals surface area contributed by atoms with Crippen molar-refractivity contribution in [2.75, 3.05) is 11.9 Å². The Morgan fingerprint density at radius 1 is 0.978 bits per heavy atom. The molecular weight excluding hydrogens is 637 g/mol. The number of ether oxygens (including phenoxy) is 1. The Labute approximate surface area is 267 Å². The van der Waals surface area contributed by atoms with E-state index in [1.807, 2.05) is 17.5 Å².